The van der Waals surface area contributed by atoms with E-state index < -0.39 is 6.09 Å². The SMILES string of the molecule is COc1cc2[nH]c(-c3ccc4c(c3)[C@H](N(C)C)[C@@H](OC(=O)NCCCl)C4)cc(=O)c2cc1-c1cnco1. The Morgan fingerprint density at radius 2 is 2.11 bits per heavy atom. The molecule has 0 unspecified atom stereocenters. The molecule has 10 heteroatoms. The largest absolute Gasteiger partial charge is 0.496 e. The molecule has 192 valence electrons. The number of aromatic amines is 1. The summed E-state index contributed by atoms with van der Waals surface area (Å²) in [6.45, 7) is 0.344. The summed E-state index contributed by atoms with van der Waals surface area (Å²) < 4.78 is 16.7. The Hall–Kier alpha value is -3.82. The van der Waals surface area contributed by atoms with Crippen molar-refractivity contribution in [2.45, 2.75) is 18.6 Å². The molecule has 0 saturated heterocycles. The molecule has 2 aromatic carbocycles. The number of nitrogens with zero attached hydrogens (tertiary/aromatic N) is 2. The molecule has 1 aliphatic carbocycles. The number of likely N-dealkylation sites (N-methyl/N-ethyl adjacent to an activating group) is 1. The highest BCUT2D eigenvalue weighted by Crippen LogP contribution is 2.39. The molecule has 37 heavy (non-hydrogen) atoms. The first-order valence-corrected chi connectivity index (χ1v) is 12.4. The predicted octanol–water partition coefficient (Wildman–Crippen LogP) is 4.35. The summed E-state index contributed by atoms with van der Waals surface area (Å²) >= 11 is 5.67. The number of alkyl halides is 1. The number of ether oxygens (including phenoxy) is 2. The average Bonchev–Trinajstić information content (AvgIpc) is 3.54. The predicted molar refractivity (Wildman–Crippen MR) is 141 cm³/mol. The number of halogens is 1. The van der Waals surface area contributed by atoms with Gasteiger partial charge in [0.05, 0.1) is 30.4 Å². The molecular weight excluding hydrogens is 496 g/mol. The van der Waals surface area contributed by atoms with Crippen LogP contribution in [0.1, 0.15) is 17.2 Å². The lowest BCUT2D eigenvalue weighted by Crippen LogP contribution is -2.36. The third-order valence-electron chi connectivity index (χ3n) is 6.58. The fourth-order valence-electron chi connectivity index (χ4n) is 4.94. The van der Waals surface area contributed by atoms with E-state index in [-0.39, 0.29) is 17.6 Å². The van der Waals surface area contributed by atoms with E-state index in [4.69, 9.17) is 25.5 Å². The van der Waals surface area contributed by atoms with Gasteiger partial charge in [-0.15, -0.1) is 11.6 Å². The maximum absolute atomic E-state index is 13.2. The highest BCUT2D eigenvalue weighted by Gasteiger charge is 2.37. The van der Waals surface area contributed by atoms with Gasteiger partial charge in [-0.25, -0.2) is 9.78 Å². The summed E-state index contributed by atoms with van der Waals surface area (Å²) in [6.07, 6.45) is 2.69. The topological polar surface area (TPSA) is 110 Å². The van der Waals surface area contributed by atoms with Crippen LogP contribution in [0.4, 0.5) is 4.79 Å². The van der Waals surface area contributed by atoms with E-state index in [2.05, 4.69) is 21.4 Å². The molecule has 9 nitrogen and oxygen atoms in total. The Balaban J connectivity index is 1.51. The molecular formula is C27H27ClN4O5. The van der Waals surface area contributed by atoms with Crippen LogP contribution in [0, 0.1) is 0 Å². The maximum atomic E-state index is 13.2. The van der Waals surface area contributed by atoms with E-state index in [1.165, 1.54) is 6.39 Å². The zero-order valence-corrected chi connectivity index (χ0v) is 21.5. The molecule has 0 fully saturated rings. The summed E-state index contributed by atoms with van der Waals surface area (Å²) in [5.41, 5.74) is 4.85. The van der Waals surface area contributed by atoms with Crippen molar-refractivity contribution in [1.29, 1.82) is 0 Å². The van der Waals surface area contributed by atoms with Gasteiger partial charge < -0.3 is 24.2 Å². The van der Waals surface area contributed by atoms with E-state index in [1.807, 2.05) is 31.1 Å². The van der Waals surface area contributed by atoms with Crippen molar-refractivity contribution < 1.29 is 18.7 Å². The fraction of sp³-hybridized carbons (Fsp3) is 0.296. The number of methoxy groups -OCH3 is 1. The van der Waals surface area contributed by atoms with Crippen molar-refractivity contribution in [2.75, 3.05) is 33.6 Å². The summed E-state index contributed by atoms with van der Waals surface area (Å²) in [5.74, 6) is 1.40. The van der Waals surface area contributed by atoms with Crippen molar-refractivity contribution in [3.8, 4) is 28.3 Å². The smallest absolute Gasteiger partial charge is 0.407 e. The minimum Gasteiger partial charge on any atom is -0.496 e. The molecule has 1 aliphatic rings. The van der Waals surface area contributed by atoms with Crippen molar-refractivity contribution in [3.63, 3.8) is 0 Å². The lowest BCUT2D eigenvalue weighted by atomic mass is 10.0. The third-order valence-corrected chi connectivity index (χ3v) is 6.76. The fourth-order valence-corrected chi connectivity index (χ4v) is 5.03. The normalized spacial score (nSPS) is 16.7. The number of pyridine rings is 1. The summed E-state index contributed by atoms with van der Waals surface area (Å²) in [7, 11) is 5.48. The molecule has 2 aromatic heterocycles. The number of carbonyl (C=O) groups is 1. The quantitative estimate of drug-likeness (QED) is 0.347. The Morgan fingerprint density at radius 1 is 1.27 bits per heavy atom. The van der Waals surface area contributed by atoms with Gasteiger partial charge in [0.25, 0.3) is 0 Å². The molecule has 0 bridgehead atoms. The number of nitrogens with one attached hydrogen (secondary N) is 2. The first-order chi connectivity index (χ1) is 17.9. The minimum absolute atomic E-state index is 0.131. The Morgan fingerprint density at radius 3 is 2.81 bits per heavy atom. The van der Waals surface area contributed by atoms with Gasteiger partial charge in [-0.05, 0) is 42.9 Å². The van der Waals surface area contributed by atoms with Crippen LogP contribution in [0.25, 0.3) is 33.5 Å². The molecule has 0 radical (unpaired) electrons. The van der Waals surface area contributed by atoms with E-state index >= 15 is 0 Å². The van der Waals surface area contributed by atoms with Gasteiger partial charge in [0.2, 0.25) is 0 Å². The number of aromatic nitrogens is 2. The number of amides is 1. The second-order valence-corrected chi connectivity index (χ2v) is 9.47. The first-order valence-electron chi connectivity index (χ1n) is 11.8. The zero-order valence-electron chi connectivity index (χ0n) is 20.7. The van der Waals surface area contributed by atoms with Crippen molar-refractivity contribution in [1.82, 2.24) is 20.2 Å². The summed E-state index contributed by atoms with van der Waals surface area (Å²) in [6, 6.07) is 11.0. The molecule has 0 saturated carbocycles. The molecule has 2 heterocycles. The molecule has 4 aromatic rings. The van der Waals surface area contributed by atoms with E-state index in [0.717, 1.165) is 16.7 Å². The maximum Gasteiger partial charge on any atom is 0.407 e. The van der Waals surface area contributed by atoms with Gasteiger partial charge in [0, 0.05) is 42.1 Å². The average molecular weight is 523 g/mol. The number of oxazole rings is 1. The molecule has 5 rings (SSSR count). The number of alkyl carbamates (subject to hydrolysis) is 1. The van der Waals surface area contributed by atoms with Crippen molar-refractivity contribution in [2.24, 2.45) is 0 Å². The monoisotopic (exact) mass is 522 g/mol. The van der Waals surface area contributed by atoms with Crippen LogP contribution in [0.2, 0.25) is 0 Å². The van der Waals surface area contributed by atoms with Crippen LogP contribution >= 0.6 is 11.6 Å². The first kappa shape index (κ1) is 24.9. The van der Waals surface area contributed by atoms with E-state index in [9.17, 15) is 9.59 Å². The standard InChI is InChI=1S/C27H27ClN4O5/c1-32(2)26-17-8-16(5-4-15(17)9-24(26)37-27(34)30-7-6-28)20-11-22(33)18-10-19(25-13-29-14-36-25)23(35-3)12-21(18)31-20/h4-5,8,10-14,24,26H,6-7,9H2,1-3H3,(H,30,34)(H,31,33)/t24-,26-/m0/s1. The highest BCUT2D eigenvalue weighted by atomic mass is 35.5. The van der Waals surface area contributed by atoms with Gasteiger partial charge in [0.15, 0.2) is 17.6 Å². The molecule has 0 aliphatic heterocycles. The van der Waals surface area contributed by atoms with E-state index in [1.54, 1.807) is 31.5 Å². The van der Waals surface area contributed by atoms with Crippen LogP contribution in [0.5, 0.6) is 5.75 Å². The zero-order chi connectivity index (χ0) is 26.1. The van der Waals surface area contributed by atoms with Crippen LogP contribution in [0.3, 0.4) is 0 Å². The number of benzene rings is 2. The van der Waals surface area contributed by atoms with Crippen molar-refractivity contribution >= 4 is 28.6 Å². The van der Waals surface area contributed by atoms with Gasteiger partial charge >= 0.3 is 6.09 Å². The number of carbonyl (C=O) groups excluding carboxylic acids is 1. The Kier molecular flexibility index (Phi) is 6.90. The Bertz CT molecular complexity index is 1500. The lowest BCUT2D eigenvalue weighted by molar-refractivity contribution is 0.0538. The van der Waals surface area contributed by atoms with Crippen molar-refractivity contribution in [3.05, 3.63) is 70.3 Å². The number of fused-ring (bicyclic) bond motifs is 2. The molecule has 0 spiro atoms. The second kappa shape index (κ2) is 10.3. The van der Waals surface area contributed by atoms with Crippen LogP contribution in [-0.4, -0.2) is 60.7 Å². The molecule has 2 atom stereocenters. The molecule has 1 amide bonds. The summed E-state index contributed by atoms with van der Waals surface area (Å²) in [4.78, 5) is 34.8. The molecule has 2 N–H and O–H groups in total. The van der Waals surface area contributed by atoms with Gasteiger partial charge in [-0.2, -0.15) is 0 Å². The second-order valence-electron chi connectivity index (χ2n) is 9.10. The van der Waals surface area contributed by atoms with Crippen LogP contribution in [0.15, 0.2) is 58.2 Å². The van der Waals surface area contributed by atoms with E-state index in [0.29, 0.717) is 52.5 Å². The van der Waals surface area contributed by atoms with Crippen LogP contribution < -0.4 is 15.5 Å². The number of hydrogen-bond donors (Lipinski definition) is 2. The lowest BCUT2D eigenvalue weighted by Gasteiger charge is -2.27. The summed E-state index contributed by atoms with van der Waals surface area (Å²) in [5, 5.41) is 3.17. The number of H-pyrrole nitrogens is 1. The number of rotatable bonds is 7. The third kappa shape index (κ3) is 4.80. The number of hydrogen-bond acceptors (Lipinski definition) is 7. The Labute approximate surface area is 218 Å². The minimum atomic E-state index is -0.483. The van der Waals surface area contributed by atoms with Gasteiger partial charge in [-0.1, -0.05) is 12.1 Å². The highest BCUT2D eigenvalue weighted by molar-refractivity contribution is 6.18. The van der Waals surface area contributed by atoms with Crippen LogP contribution in [-0.2, 0) is 11.2 Å². The van der Waals surface area contributed by atoms with Gasteiger partial charge in [-0.3, -0.25) is 9.69 Å². The van der Waals surface area contributed by atoms with Gasteiger partial charge in [0.1, 0.15) is 11.9 Å².